The first kappa shape index (κ1) is 17.0. The third-order valence-electron chi connectivity index (χ3n) is 3.98. The fourth-order valence-electron chi connectivity index (χ4n) is 2.61. The van der Waals surface area contributed by atoms with Gasteiger partial charge in [-0.25, -0.2) is 8.42 Å². The number of aromatic hydroxyl groups is 1. The van der Waals surface area contributed by atoms with Crippen molar-refractivity contribution in [2.45, 2.75) is 10.6 Å². The Hall–Kier alpha value is -2.85. The van der Waals surface area contributed by atoms with E-state index in [2.05, 4.69) is 6.58 Å². The molecule has 0 aromatic heterocycles. The largest absolute Gasteiger partial charge is 0.507 e. The van der Waals surface area contributed by atoms with Gasteiger partial charge in [-0.1, -0.05) is 67.3 Å². The van der Waals surface area contributed by atoms with E-state index in [1.807, 2.05) is 42.5 Å². The maximum Gasteiger partial charge on any atom is 0.182 e. The van der Waals surface area contributed by atoms with E-state index < -0.39 is 9.84 Å². The first-order valence-electron chi connectivity index (χ1n) is 7.82. The summed E-state index contributed by atoms with van der Waals surface area (Å²) in [5.74, 6) is -0.0378. The van der Waals surface area contributed by atoms with E-state index in [0.717, 1.165) is 11.1 Å². The van der Waals surface area contributed by atoms with Crippen molar-refractivity contribution >= 4 is 15.9 Å². The molecule has 4 heteroatoms. The van der Waals surface area contributed by atoms with Gasteiger partial charge in [-0.05, 0) is 34.9 Å². The molecule has 0 aliphatic carbocycles. The van der Waals surface area contributed by atoms with Crippen LogP contribution in [0.1, 0.15) is 11.1 Å². The van der Waals surface area contributed by atoms with Crippen LogP contribution < -0.4 is 0 Å². The Morgan fingerprint density at radius 2 is 1.60 bits per heavy atom. The van der Waals surface area contributed by atoms with E-state index in [1.54, 1.807) is 18.2 Å². The average Bonchev–Trinajstić information content (AvgIpc) is 2.63. The van der Waals surface area contributed by atoms with Gasteiger partial charge >= 0.3 is 0 Å². The SMILES string of the molecule is C=Cc1ccc(CS(=O)(=O)c2ccc(O)c(-c3ccccc3)c2)cc1. The zero-order chi connectivity index (χ0) is 17.9. The highest BCUT2D eigenvalue weighted by atomic mass is 32.2. The van der Waals surface area contributed by atoms with Crippen molar-refractivity contribution in [3.63, 3.8) is 0 Å². The Balaban J connectivity index is 1.95. The van der Waals surface area contributed by atoms with Crippen LogP contribution in [0.4, 0.5) is 0 Å². The molecule has 3 nitrogen and oxygen atoms in total. The molecule has 0 spiro atoms. The molecule has 0 saturated heterocycles. The van der Waals surface area contributed by atoms with E-state index in [4.69, 9.17) is 0 Å². The lowest BCUT2D eigenvalue weighted by atomic mass is 10.1. The molecular formula is C21H18O3S. The van der Waals surface area contributed by atoms with Gasteiger partial charge in [-0.15, -0.1) is 0 Å². The molecule has 0 atom stereocenters. The van der Waals surface area contributed by atoms with Crippen molar-refractivity contribution in [1.29, 1.82) is 0 Å². The van der Waals surface area contributed by atoms with Crippen LogP contribution in [-0.4, -0.2) is 13.5 Å². The molecule has 0 aliphatic rings. The van der Waals surface area contributed by atoms with Crippen molar-refractivity contribution in [3.05, 3.63) is 90.5 Å². The predicted octanol–water partition coefficient (Wildman–Crippen LogP) is 4.68. The lowest BCUT2D eigenvalue weighted by Gasteiger charge is -2.09. The normalized spacial score (nSPS) is 11.2. The van der Waals surface area contributed by atoms with E-state index in [-0.39, 0.29) is 16.4 Å². The topological polar surface area (TPSA) is 54.4 Å². The lowest BCUT2D eigenvalue weighted by molar-refractivity contribution is 0.477. The molecule has 0 saturated carbocycles. The molecular weight excluding hydrogens is 332 g/mol. The smallest absolute Gasteiger partial charge is 0.182 e. The molecule has 0 unspecified atom stereocenters. The predicted molar refractivity (Wildman–Crippen MR) is 101 cm³/mol. The molecule has 126 valence electrons. The van der Waals surface area contributed by atoms with Crippen molar-refractivity contribution in [1.82, 2.24) is 0 Å². The fraction of sp³-hybridized carbons (Fsp3) is 0.0476. The highest BCUT2D eigenvalue weighted by Gasteiger charge is 2.17. The first-order valence-corrected chi connectivity index (χ1v) is 9.47. The van der Waals surface area contributed by atoms with Crippen LogP contribution in [0.2, 0.25) is 0 Å². The third kappa shape index (κ3) is 3.80. The average molecular weight is 350 g/mol. The van der Waals surface area contributed by atoms with E-state index >= 15 is 0 Å². The number of sulfone groups is 1. The third-order valence-corrected chi connectivity index (χ3v) is 5.67. The van der Waals surface area contributed by atoms with Crippen LogP contribution in [0, 0.1) is 0 Å². The second kappa shape index (κ2) is 6.95. The highest BCUT2D eigenvalue weighted by Crippen LogP contribution is 2.32. The number of hydrogen-bond acceptors (Lipinski definition) is 3. The Kier molecular flexibility index (Phi) is 4.72. The van der Waals surface area contributed by atoms with Gasteiger partial charge in [0.15, 0.2) is 9.84 Å². The number of hydrogen-bond donors (Lipinski definition) is 1. The molecule has 0 radical (unpaired) electrons. The van der Waals surface area contributed by atoms with E-state index in [9.17, 15) is 13.5 Å². The molecule has 1 N–H and O–H groups in total. The standard InChI is InChI=1S/C21H18O3S/c1-2-16-8-10-17(11-9-16)15-25(23,24)19-12-13-21(22)20(14-19)18-6-4-3-5-7-18/h2-14,22H,1,15H2. The Morgan fingerprint density at radius 3 is 2.24 bits per heavy atom. The second-order valence-electron chi connectivity index (χ2n) is 5.75. The van der Waals surface area contributed by atoms with Crippen LogP contribution in [0.25, 0.3) is 17.2 Å². The van der Waals surface area contributed by atoms with Crippen LogP contribution in [0.3, 0.4) is 0 Å². The second-order valence-corrected chi connectivity index (χ2v) is 7.74. The quantitative estimate of drug-likeness (QED) is 0.727. The lowest BCUT2D eigenvalue weighted by Crippen LogP contribution is -2.05. The van der Waals surface area contributed by atoms with Crippen LogP contribution in [-0.2, 0) is 15.6 Å². The zero-order valence-corrected chi connectivity index (χ0v) is 14.4. The number of phenolic OH excluding ortho intramolecular Hbond substituents is 1. The van der Waals surface area contributed by atoms with Gasteiger partial charge in [0.05, 0.1) is 10.6 Å². The van der Waals surface area contributed by atoms with Crippen LogP contribution in [0.5, 0.6) is 5.75 Å². The molecule has 0 bridgehead atoms. The summed E-state index contributed by atoms with van der Waals surface area (Å²) in [7, 11) is -3.52. The van der Waals surface area contributed by atoms with Gasteiger partial charge < -0.3 is 5.11 Å². The summed E-state index contributed by atoms with van der Waals surface area (Å²) in [5, 5.41) is 10.1. The summed E-state index contributed by atoms with van der Waals surface area (Å²) in [6.07, 6.45) is 1.71. The van der Waals surface area contributed by atoms with Gasteiger partial charge in [0, 0.05) is 5.56 Å². The van der Waals surface area contributed by atoms with Crippen LogP contribution in [0.15, 0.2) is 84.3 Å². The summed E-state index contributed by atoms with van der Waals surface area (Å²) in [6, 6.07) is 20.9. The number of phenols is 1. The summed E-state index contributed by atoms with van der Waals surface area (Å²) in [4.78, 5) is 0.192. The van der Waals surface area contributed by atoms with Gasteiger partial charge in [-0.2, -0.15) is 0 Å². The van der Waals surface area contributed by atoms with Crippen molar-refractivity contribution in [3.8, 4) is 16.9 Å². The molecule has 3 aromatic rings. The number of rotatable bonds is 5. The first-order chi connectivity index (χ1) is 12.0. The van der Waals surface area contributed by atoms with Gasteiger partial charge in [0.2, 0.25) is 0 Å². The zero-order valence-electron chi connectivity index (χ0n) is 13.6. The van der Waals surface area contributed by atoms with Crippen molar-refractivity contribution < 1.29 is 13.5 Å². The summed E-state index contributed by atoms with van der Waals surface area (Å²) >= 11 is 0. The Morgan fingerprint density at radius 1 is 0.920 bits per heavy atom. The Labute approximate surface area is 147 Å². The van der Waals surface area contributed by atoms with E-state index in [0.29, 0.717) is 11.1 Å². The maximum absolute atomic E-state index is 12.7. The van der Waals surface area contributed by atoms with Crippen molar-refractivity contribution in [2.75, 3.05) is 0 Å². The summed E-state index contributed by atoms with van der Waals surface area (Å²) in [5.41, 5.74) is 2.92. The van der Waals surface area contributed by atoms with Crippen LogP contribution >= 0.6 is 0 Å². The summed E-state index contributed by atoms with van der Waals surface area (Å²) in [6.45, 7) is 3.69. The molecule has 0 amide bonds. The Bertz CT molecular complexity index is 989. The summed E-state index contributed by atoms with van der Waals surface area (Å²) < 4.78 is 25.5. The van der Waals surface area contributed by atoms with Crippen molar-refractivity contribution in [2.24, 2.45) is 0 Å². The minimum absolute atomic E-state index is 0.0560. The van der Waals surface area contributed by atoms with E-state index in [1.165, 1.54) is 18.2 Å². The molecule has 0 aliphatic heterocycles. The highest BCUT2D eigenvalue weighted by molar-refractivity contribution is 7.90. The fourth-order valence-corrected chi connectivity index (χ4v) is 3.98. The molecule has 3 aromatic carbocycles. The minimum atomic E-state index is -3.52. The van der Waals surface area contributed by atoms with Gasteiger partial charge in [-0.3, -0.25) is 0 Å². The molecule has 0 fully saturated rings. The maximum atomic E-state index is 12.7. The molecule has 25 heavy (non-hydrogen) atoms. The minimum Gasteiger partial charge on any atom is -0.507 e. The molecule has 3 rings (SSSR count). The van der Waals surface area contributed by atoms with Gasteiger partial charge in [0.1, 0.15) is 5.75 Å². The molecule has 0 heterocycles. The monoisotopic (exact) mass is 350 g/mol. The number of benzene rings is 3. The van der Waals surface area contributed by atoms with Gasteiger partial charge in [0.25, 0.3) is 0 Å².